The summed E-state index contributed by atoms with van der Waals surface area (Å²) in [4.78, 5) is 15.8. The largest absolute Gasteiger partial charge is 0.456 e. The van der Waals surface area contributed by atoms with Gasteiger partial charge in [0, 0.05) is 43.8 Å². The number of aromatic nitrogens is 3. The lowest BCUT2D eigenvalue weighted by molar-refractivity contribution is 0.668. The monoisotopic (exact) mass is 685 g/mol. The maximum absolute atomic E-state index is 6.76. The van der Waals surface area contributed by atoms with E-state index in [1.807, 2.05) is 18.2 Å². The number of furan rings is 2. The molecule has 3 heterocycles. The first-order chi connectivity index (χ1) is 25.9. The Hall–Kier alpha value is -5.42. The molecule has 6 aromatic carbocycles. The summed E-state index contributed by atoms with van der Waals surface area (Å²) in [5, 5.41) is 4.33. The van der Waals surface area contributed by atoms with Crippen molar-refractivity contribution in [1.82, 2.24) is 15.0 Å². The number of hydrogen-bond acceptors (Lipinski definition) is 5. The Morgan fingerprint density at radius 1 is 0.352 bits per heavy atom. The second kappa shape index (κ2) is 12.6. The minimum Gasteiger partial charge on any atom is -0.456 e. The maximum atomic E-state index is 6.76. The highest BCUT2D eigenvalue weighted by molar-refractivity contribution is 6.69. The second-order valence-electron chi connectivity index (χ2n) is 15.1. The third kappa shape index (κ3) is 5.11. The van der Waals surface area contributed by atoms with Crippen LogP contribution in [0.25, 0.3) is 89.2 Å². The molecule has 0 aliphatic rings. The third-order valence-electron chi connectivity index (χ3n) is 12.5. The van der Waals surface area contributed by atoms with Gasteiger partial charge in [0.2, 0.25) is 0 Å². The van der Waals surface area contributed by atoms with Gasteiger partial charge >= 0.3 is 0 Å². The number of fused-ring (bicyclic) bond motifs is 6. The lowest BCUT2D eigenvalue weighted by atomic mass is 9.60. The maximum Gasteiger partial charge on any atom is 0.164 e. The molecule has 0 saturated carbocycles. The molecule has 0 unspecified atom stereocenters. The molecular formula is C39H33B10N3O2. The minimum atomic E-state index is 0.622. The van der Waals surface area contributed by atoms with E-state index >= 15 is 0 Å². The molecule has 0 saturated heterocycles. The van der Waals surface area contributed by atoms with Crippen molar-refractivity contribution >= 4 is 177 Å². The van der Waals surface area contributed by atoms with Crippen LogP contribution in [-0.2, 0) is 0 Å². The summed E-state index contributed by atoms with van der Waals surface area (Å²) < 4.78 is 13.0. The van der Waals surface area contributed by atoms with Gasteiger partial charge in [0.05, 0.1) is 0 Å². The van der Waals surface area contributed by atoms with Crippen molar-refractivity contribution in [3.05, 3.63) is 78.9 Å². The molecule has 0 amide bonds. The summed E-state index contributed by atoms with van der Waals surface area (Å²) in [6.07, 6.45) is 0. The standard InChI is InChI=1S/C39H33B10N3O2/c40-26-24(27(41)31(45)34(48)30(26)44)38-50-37(51-39(52-38)25-28(42)32(46)35(49)33(47)29(25)43)15-9-11-19-20-6-3-5-16(36(20)54-23(19)13-15)14-8-10-18-17-4-1-2-7-21(17)53-22(18)12-14/h1-13H,40-49H2. The zero-order valence-electron chi connectivity index (χ0n) is 32.7. The molecule has 0 aliphatic carbocycles. The van der Waals surface area contributed by atoms with Crippen LogP contribution in [0, 0.1) is 0 Å². The topological polar surface area (TPSA) is 65.0 Å². The first kappa shape index (κ1) is 34.4. The van der Waals surface area contributed by atoms with Crippen LogP contribution in [0.2, 0.25) is 0 Å². The van der Waals surface area contributed by atoms with Crippen molar-refractivity contribution in [2.45, 2.75) is 0 Å². The Morgan fingerprint density at radius 2 is 0.796 bits per heavy atom. The van der Waals surface area contributed by atoms with E-state index in [0.29, 0.717) is 17.5 Å². The Morgan fingerprint density at radius 3 is 1.41 bits per heavy atom. The quantitative estimate of drug-likeness (QED) is 0.173. The van der Waals surface area contributed by atoms with E-state index in [2.05, 4.69) is 139 Å². The minimum absolute atomic E-state index is 0.622. The molecule has 3 aromatic heterocycles. The fraction of sp³-hybridized carbons (Fsp3) is 0. The van der Waals surface area contributed by atoms with E-state index in [9.17, 15) is 0 Å². The van der Waals surface area contributed by atoms with Gasteiger partial charge in [-0.15, -0.1) is 32.8 Å². The molecule has 246 valence electrons. The molecular weight excluding hydrogens is 651 g/mol. The summed E-state index contributed by atoms with van der Waals surface area (Å²) in [5.41, 5.74) is 21.0. The molecule has 15 heteroatoms. The zero-order valence-corrected chi connectivity index (χ0v) is 32.7. The van der Waals surface area contributed by atoms with E-state index in [1.165, 1.54) is 54.6 Å². The average Bonchev–Trinajstić information content (AvgIpc) is 3.75. The van der Waals surface area contributed by atoms with Gasteiger partial charge in [0.15, 0.2) is 17.5 Å². The Kier molecular flexibility index (Phi) is 8.00. The first-order valence-corrected chi connectivity index (χ1v) is 18.7. The van der Waals surface area contributed by atoms with Gasteiger partial charge in [0.25, 0.3) is 0 Å². The normalized spacial score (nSPS) is 11.7. The molecule has 0 radical (unpaired) electrons. The summed E-state index contributed by atoms with van der Waals surface area (Å²) in [6.45, 7) is 0. The SMILES string of the molecule is Bc1c(B)c(B)c(-c2nc(-c3ccc4c(c3)oc3c(-c5ccc6c(c5)oc5ccccc56)cccc34)nc(-c3c(B)c(B)c(B)c(B)c3B)n2)c(B)c1B. The fourth-order valence-electron chi connectivity index (χ4n) is 8.46. The summed E-state index contributed by atoms with van der Waals surface area (Å²) in [5.74, 6) is 2.01. The smallest absolute Gasteiger partial charge is 0.164 e. The Balaban J connectivity index is 1.25. The van der Waals surface area contributed by atoms with Gasteiger partial charge in [0.1, 0.15) is 101 Å². The highest BCUT2D eigenvalue weighted by Crippen LogP contribution is 2.39. The molecule has 0 bridgehead atoms. The lowest BCUT2D eigenvalue weighted by Gasteiger charge is -2.22. The number of hydrogen-bond donors (Lipinski definition) is 0. The van der Waals surface area contributed by atoms with Crippen molar-refractivity contribution in [2.75, 3.05) is 0 Å². The van der Waals surface area contributed by atoms with Crippen LogP contribution < -0.4 is 54.6 Å². The molecule has 5 nitrogen and oxygen atoms in total. The average molecular weight is 684 g/mol. The number of nitrogens with zero attached hydrogens (tertiary/aromatic N) is 3. The van der Waals surface area contributed by atoms with E-state index in [1.54, 1.807) is 0 Å². The van der Waals surface area contributed by atoms with Crippen LogP contribution in [0.3, 0.4) is 0 Å². The van der Waals surface area contributed by atoms with Gasteiger partial charge in [-0.3, -0.25) is 0 Å². The van der Waals surface area contributed by atoms with Crippen LogP contribution in [0.4, 0.5) is 0 Å². The van der Waals surface area contributed by atoms with Crippen molar-refractivity contribution in [3.8, 4) is 45.3 Å². The van der Waals surface area contributed by atoms with Gasteiger partial charge in [-0.25, -0.2) is 15.0 Å². The molecule has 0 atom stereocenters. The van der Waals surface area contributed by atoms with Gasteiger partial charge < -0.3 is 8.83 Å². The summed E-state index contributed by atoms with van der Waals surface area (Å²) in [7, 11) is 21.9. The fourth-order valence-corrected chi connectivity index (χ4v) is 8.46. The predicted octanol–water partition coefficient (Wildman–Crippen LogP) is -7.08. The van der Waals surface area contributed by atoms with Gasteiger partial charge in [-0.05, 0) is 35.9 Å². The predicted molar refractivity (Wildman–Crippen MR) is 258 cm³/mol. The van der Waals surface area contributed by atoms with E-state index in [-0.39, 0.29) is 0 Å². The molecule has 9 rings (SSSR count). The number of benzene rings is 6. The highest BCUT2D eigenvalue weighted by atomic mass is 16.3. The van der Waals surface area contributed by atoms with Crippen LogP contribution in [0.5, 0.6) is 0 Å². The summed E-state index contributed by atoms with van der Waals surface area (Å²) >= 11 is 0. The van der Waals surface area contributed by atoms with Crippen molar-refractivity contribution in [2.24, 2.45) is 0 Å². The van der Waals surface area contributed by atoms with E-state index in [0.717, 1.165) is 71.7 Å². The molecule has 0 fully saturated rings. The Bertz CT molecular complexity index is 2940. The lowest BCUT2D eigenvalue weighted by Crippen LogP contribution is -2.55. The van der Waals surface area contributed by atoms with Crippen molar-refractivity contribution in [3.63, 3.8) is 0 Å². The van der Waals surface area contributed by atoms with Crippen LogP contribution in [-0.4, -0.2) is 93.4 Å². The summed E-state index contributed by atoms with van der Waals surface area (Å²) in [6, 6.07) is 27.3. The number of para-hydroxylation sites is 2. The van der Waals surface area contributed by atoms with Crippen molar-refractivity contribution in [1.29, 1.82) is 0 Å². The molecule has 9 aromatic rings. The molecule has 0 N–H and O–H groups in total. The first-order valence-electron chi connectivity index (χ1n) is 18.7. The van der Waals surface area contributed by atoms with Crippen LogP contribution in [0.1, 0.15) is 0 Å². The molecule has 0 aliphatic heterocycles. The van der Waals surface area contributed by atoms with Gasteiger partial charge in [-0.1, -0.05) is 70.4 Å². The molecule has 54 heavy (non-hydrogen) atoms. The van der Waals surface area contributed by atoms with Crippen LogP contribution in [0.15, 0.2) is 87.7 Å². The van der Waals surface area contributed by atoms with E-state index in [4.69, 9.17) is 23.8 Å². The van der Waals surface area contributed by atoms with Gasteiger partial charge in [-0.2, -0.15) is 0 Å². The van der Waals surface area contributed by atoms with E-state index < -0.39 is 0 Å². The van der Waals surface area contributed by atoms with Crippen LogP contribution >= 0.6 is 0 Å². The second-order valence-corrected chi connectivity index (χ2v) is 15.1. The zero-order chi connectivity index (χ0) is 37.7. The highest BCUT2D eigenvalue weighted by Gasteiger charge is 2.22. The number of rotatable bonds is 4. The molecule has 0 spiro atoms. The third-order valence-corrected chi connectivity index (χ3v) is 12.5. The Labute approximate surface area is 323 Å². The van der Waals surface area contributed by atoms with Crippen molar-refractivity contribution < 1.29 is 8.83 Å².